The number of amides is 1. The molecule has 2 rings (SSSR count). The fraction of sp³-hybridized carbons (Fsp3) is 0.267. The Hall–Kier alpha value is -2.81. The van der Waals surface area contributed by atoms with Crippen molar-refractivity contribution in [3.8, 4) is 11.8 Å². The van der Waals surface area contributed by atoms with E-state index in [0.29, 0.717) is 12.1 Å². The van der Waals surface area contributed by atoms with E-state index in [2.05, 4.69) is 10.4 Å². The first kappa shape index (κ1) is 14.6. The lowest BCUT2D eigenvalue weighted by Crippen LogP contribution is -2.23. The first-order valence-corrected chi connectivity index (χ1v) is 6.48. The average Bonchev–Trinajstić information content (AvgIpc) is 2.76. The third-order valence-corrected chi connectivity index (χ3v) is 3.35. The number of aromatic nitrogens is 2. The molecule has 0 aliphatic rings. The Balaban J connectivity index is 2.09. The fourth-order valence-electron chi connectivity index (χ4n) is 1.97. The topological polar surface area (TPSA) is 90.9 Å². The molecule has 1 atom stereocenters. The largest absolute Gasteiger partial charge is 0.508 e. The molecule has 2 aromatic rings. The van der Waals surface area contributed by atoms with Crippen molar-refractivity contribution in [2.45, 2.75) is 13.3 Å². The summed E-state index contributed by atoms with van der Waals surface area (Å²) in [6.07, 6.45) is 1.97. The zero-order valence-electron chi connectivity index (χ0n) is 11.9. The van der Waals surface area contributed by atoms with Crippen LogP contribution in [0.4, 0.5) is 5.69 Å². The molecule has 0 saturated heterocycles. The molecule has 2 N–H and O–H groups in total. The van der Waals surface area contributed by atoms with E-state index in [9.17, 15) is 15.2 Å². The highest BCUT2D eigenvalue weighted by Crippen LogP contribution is 2.18. The van der Waals surface area contributed by atoms with Crippen LogP contribution in [0.5, 0.6) is 5.75 Å². The summed E-state index contributed by atoms with van der Waals surface area (Å²) in [6.45, 7) is 1.89. The van der Waals surface area contributed by atoms with Crippen molar-refractivity contribution in [1.82, 2.24) is 9.78 Å². The molecule has 108 valence electrons. The number of benzene rings is 1. The van der Waals surface area contributed by atoms with Crippen LogP contribution in [-0.4, -0.2) is 20.8 Å². The summed E-state index contributed by atoms with van der Waals surface area (Å²) in [5, 5.41) is 25.3. The Morgan fingerprint density at radius 1 is 1.57 bits per heavy atom. The predicted molar refractivity (Wildman–Crippen MR) is 77.5 cm³/mol. The van der Waals surface area contributed by atoms with Crippen molar-refractivity contribution < 1.29 is 9.90 Å². The summed E-state index contributed by atoms with van der Waals surface area (Å²) < 4.78 is 1.71. The average molecular weight is 284 g/mol. The van der Waals surface area contributed by atoms with Gasteiger partial charge in [0.1, 0.15) is 11.7 Å². The molecule has 0 fully saturated rings. The van der Waals surface area contributed by atoms with E-state index in [4.69, 9.17) is 0 Å². The van der Waals surface area contributed by atoms with Crippen LogP contribution in [0.2, 0.25) is 0 Å². The second-order valence-corrected chi connectivity index (χ2v) is 4.80. The number of hydrogen-bond acceptors (Lipinski definition) is 4. The van der Waals surface area contributed by atoms with Gasteiger partial charge in [-0.3, -0.25) is 9.48 Å². The molecule has 0 saturated carbocycles. The number of carbonyl (C=O) groups is 1. The van der Waals surface area contributed by atoms with E-state index in [1.165, 1.54) is 12.1 Å². The van der Waals surface area contributed by atoms with Gasteiger partial charge in [-0.15, -0.1) is 0 Å². The van der Waals surface area contributed by atoms with Crippen LogP contribution < -0.4 is 5.32 Å². The maximum atomic E-state index is 12.1. The normalized spacial score (nSPS) is 11.7. The number of aromatic hydroxyl groups is 1. The van der Waals surface area contributed by atoms with Crippen molar-refractivity contribution >= 4 is 11.6 Å². The molecule has 21 heavy (non-hydrogen) atoms. The van der Waals surface area contributed by atoms with Gasteiger partial charge in [0.25, 0.3) is 0 Å². The second-order valence-electron chi connectivity index (χ2n) is 4.80. The number of hydrogen-bond donors (Lipinski definition) is 2. The van der Waals surface area contributed by atoms with Crippen LogP contribution in [0.25, 0.3) is 0 Å². The van der Waals surface area contributed by atoms with Crippen molar-refractivity contribution in [2.75, 3.05) is 5.32 Å². The summed E-state index contributed by atoms with van der Waals surface area (Å²) in [5.41, 5.74) is 2.26. The molecule has 0 unspecified atom stereocenters. The Kier molecular flexibility index (Phi) is 4.24. The number of nitrogens with one attached hydrogen (secondary N) is 1. The molecule has 6 nitrogen and oxygen atoms in total. The van der Waals surface area contributed by atoms with Crippen LogP contribution in [0, 0.1) is 24.2 Å². The lowest BCUT2D eigenvalue weighted by Gasteiger charge is -2.10. The molecule has 6 heteroatoms. The lowest BCUT2D eigenvalue weighted by atomic mass is 10.0. The van der Waals surface area contributed by atoms with E-state index in [0.717, 1.165) is 11.3 Å². The first-order chi connectivity index (χ1) is 10.0. The Bertz CT molecular complexity index is 700. The van der Waals surface area contributed by atoms with Gasteiger partial charge in [-0.25, -0.2) is 0 Å². The van der Waals surface area contributed by atoms with Crippen molar-refractivity contribution in [3.05, 3.63) is 41.7 Å². The number of nitriles is 1. The van der Waals surface area contributed by atoms with Crippen molar-refractivity contribution in [1.29, 1.82) is 5.26 Å². The predicted octanol–water partition coefficient (Wildman–Crippen LogP) is 1.76. The van der Waals surface area contributed by atoms with E-state index in [1.807, 2.05) is 20.0 Å². The van der Waals surface area contributed by atoms with E-state index in [-0.39, 0.29) is 5.75 Å². The standard InChI is InChI=1S/C15H16N4O2/c1-10-12(9-17-19(10)2)6-11(8-16)15(21)18-13-4-3-5-14(20)7-13/h3-5,7,9,11,20H,6H2,1-2H3,(H,18,21)/t11-/m0/s1. The minimum Gasteiger partial charge on any atom is -0.508 e. The molecule has 0 bridgehead atoms. The van der Waals surface area contributed by atoms with Gasteiger partial charge in [-0.1, -0.05) is 6.07 Å². The second kappa shape index (κ2) is 6.09. The third kappa shape index (κ3) is 3.39. The molecule has 0 aliphatic carbocycles. The first-order valence-electron chi connectivity index (χ1n) is 6.48. The summed E-state index contributed by atoms with van der Waals surface area (Å²) in [4.78, 5) is 12.1. The highest BCUT2D eigenvalue weighted by molar-refractivity contribution is 5.94. The van der Waals surface area contributed by atoms with Gasteiger partial charge in [0.15, 0.2) is 0 Å². The zero-order chi connectivity index (χ0) is 15.4. The Morgan fingerprint density at radius 2 is 2.33 bits per heavy atom. The maximum Gasteiger partial charge on any atom is 0.242 e. The number of carbonyl (C=O) groups excluding carboxylic acids is 1. The quantitative estimate of drug-likeness (QED) is 0.895. The van der Waals surface area contributed by atoms with E-state index >= 15 is 0 Å². The molecular formula is C15H16N4O2. The monoisotopic (exact) mass is 284 g/mol. The van der Waals surface area contributed by atoms with E-state index < -0.39 is 11.8 Å². The van der Waals surface area contributed by atoms with Crippen LogP contribution in [0.3, 0.4) is 0 Å². The van der Waals surface area contributed by atoms with Gasteiger partial charge < -0.3 is 10.4 Å². The highest BCUT2D eigenvalue weighted by Gasteiger charge is 2.20. The maximum absolute atomic E-state index is 12.1. The number of aryl methyl sites for hydroxylation is 1. The zero-order valence-corrected chi connectivity index (χ0v) is 11.9. The SMILES string of the molecule is Cc1c(C[C@@H](C#N)C(=O)Nc2cccc(O)c2)cnn1C. The number of anilines is 1. The summed E-state index contributed by atoms with van der Waals surface area (Å²) in [7, 11) is 1.81. The number of phenolic OH excluding ortho intramolecular Hbond substituents is 1. The van der Waals surface area contributed by atoms with Gasteiger partial charge in [-0.2, -0.15) is 10.4 Å². The summed E-state index contributed by atoms with van der Waals surface area (Å²) in [6, 6.07) is 8.23. The van der Waals surface area contributed by atoms with Gasteiger partial charge in [-0.05, 0) is 24.6 Å². The van der Waals surface area contributed by atoms with Crippen LogP contribution in [0.15, 0.2) is 30.5 Å². The molecule has 1 aromatic carbocycles. The van der Waals surface area contributed by atoms with Crippen molar-refractivity contribution in [3.63, 3.8) is 0 Å². The number of nitrogens with zero attached hydrogens (tertiary/aromatic N) is 3. The van der Waals surface area contributed by atoms with E-state index in [1.54, 1.807) is 23.0 Å². The molecule has 1 amide bonds. The van der Waals surface area contributed by atoms with Gasteiger partial charge in [0, 0.05) is 30.9 Å². The third-order valence-electron chi connectivity index (χ3n) is 3.35. The molecule has 0 aliphatic heterocycles. The smallest absolute Gasteiger partial charge is 0.242 e. The number of rotatable bonds is 4. The fourth-order valence-corrected chi connectivity index (χ4v) is 1.97. The van der Waals surface area contributed by atoms with Crippen molar-refractivity contribution in [2.24, 2.45) is 13.0 Å². The van der Waals surface area contributed by atoms with Crippen LogP contribution in [0.1, 0.15) is 11.3 Å². The lowest BCUT2D eigenvalue weighted by molar-refractivity contribution is -0.118. The molecule has 0 spiro atoms. The number of phenols is 1. The van der Waals surface area contributed by atoms with Gasteiger partial charge >= 0.3 is 0 Å². The summed E-state index contributed by atoms with van der Waals surface area (Å²) >= 11 is 0. The Labute approximate surface area is 122 Å². The Morgan fingerprint density at radius 3 is 2.90 bits per heavy atom. The van der Waals surface area contributed by atoms with Crippen LogP contribution in [-0.2, 0) is 18.3 Å². The molecular weight excluding hydrogens is 268 g/mol. The molecule has 1 aromatic heterocycles. The minimum absolute atomic E-state index is 0.0596. The summed E-state index contributed by atoms with van der Waals surface area (Å²) in [5.74, 6) is -1.15. The molecule has 0 radical (unpaired) electrons. The molecule has 1 heterocycles. The van der Waals surface area contributed by atoms with Crippen LogP contribution >= 0.6 is 0 Å². The highest BCUT2D eigenvalue weighted by atomic mass is 16.3. The van der Waals surface area contributed by atoms with Gasteiger partial charge in [0.05, 0.1) is 12.3 Å². The van der Waals surface area contributed by atoms with Gasteiger partial charge in [0.2, 0.25) is 5.91 Å². The minimum atomic E-state index is -0.810.